The van der Waals surface area contributed by atoms with Crippen LogP contribution >= 0.6 is 11.3 Å². The van der Waals surface area contributed by atoms with Gasteiger partial charge < -0.3 is 16.0 Å². The van der Waals surface area contributed by atoms with Crippen LogP contribution in [-0.2, 0) is 11.3 Å². The van der Waals surface area contributed by atoms with Crippen LogP contribution in [0, 0.1) is 12.8 Å². The first-order valence-electron chi connectivity index (χ1n) is 9.90. The van der Waals surface area contributed by atoms with Gasteiger partial charge >= 0.3 is 0 Å². The normalized spacial score (nSPS) is 17.6. The summed E-state index contributed by atoms with van der Waals surface area (Å²) in [6.07, 6.45) is 2.55. The van der Waals surface area contributed by atoms with Gasteiger partial charge in [-0.15, -0.1) is 11.3 Å². The molecule has 1 aliphatic rings. The number of nitrogens with two attached hydrogens (primary N) is 1. The highest BCUT2D eigenvalue weighted by molar-refractivity contribution is 7.15. The van der Waals surface area contributed by atoms with Crippen LogP contribution in [0.15, 0.2) is 35.3 Å². The number of piperidine rings is 1. The molecule has 150 valence electrons. The van der Waals surface area contributed by atoms with E-state index in [4.69, 9.17) is 15.7 Å². The van der Waals surface area contributed by atoms with E-state index in [1.165, 1.54) is 4.88 Å². The smallest absolute Gasteiger partial charge is 0.217 e. The largest absolute Gasteiger partial charge is 0.370 e. The SMILES string of the molecule is CCNC(=NCc1sc(-c2ccccc2)nc1C)N1CCCC(CC(N)=O)C1. The topological polar surface area (TPSA) is 83.6 Å². The summed E-state index contributed by atoms with van der Waals surface area (Å²) in [4.78, 5) is 24.3. The summed E-state index contributed by atoms with van der Waals surface area (Å²) >= 11 is 1.70. The molecule has 3 N–H and O–H groups in total. The summed E-state index contributed by atoms with van der Waals surface area (Å²) < 4.78 is 0. The number of nitrogens with one attached hydrogen (secondary N) is 1. The highest BCUT2D eigenvalue weighted by atomic mass is 32.1. The molecular formula is C21H29N5OS. The Balaban J connectivity index is 1.72. The number of benzene rings is 1. The van der Waals surface area contributed by atoms with E-state index in [-0.39, 0.29) is 5.91 Å². The second kappa shape index (κ2) is 9.68. The Morgan fingerprint density at radius 2 is 2.18 bits per heavy atom. The highest BCUT2D eigenvalue weighted by Crippen LogP contribution is 2.28. The van der Waals surface area contributed by atoms with Crippen molar-refractivity contribution in [1.82, 2.24) is 15.2 Å². The number of hydrogen-bond acceptors (Lipinski definition) is 4. The maximum atomic E-state index is 11.3. The molecule has 1 amide bonds. The standard InChI is InChI=1S/C21H29N5OS/c1-3-23-21(26-11-7-8-16(14-26)12-19(22)27)24-13-18-15(2)25-20(28-18)17-9-5-4-6-10-17/h4-6,9-10,16H,3,7-8,11-14H2,1-2H3,(H2,22,27)(H,23,24). The van der Waals surface area contributed by atoms with Crippen LogP contribution in [0.25, 0.3) is 10.6 Å². The van der Waals surface area contributed by atoms with Crippen LogP contribution in [0.2, 0.25) is 0 Å². The Bertz CT molecular complexity index is 817. The molecule has 1 unspecified atom stereocenters. The number of carbonyl (C=O) groups excluding carboxylic acids is 1. The minimum atomic E-state index is -0.220. The number of rotatable bonds is 6. The molecule has 0 radical (unpaired) electrons. The van der Waals surface area contributed by atoms with E-state index in [0.717, 1.165) is 54.7 Å². The first-order valence-corrected chi connectivity index (χ1v) is 10.7. The number of thiazole rings is 1. The van der Waals surface area contributed by atoms with E-state index in [2.05, 4.69) is 29.3 Å². The van der Waals surface area contributed by atoms with Gasteiger partial charge in [0.2, 0.25) is 5.91 Å². The van der Waals surface area contributed by atoms with Crippen LogP contribution < -0.4 is 11.1 Å². The Morgan fingerprint density at radius 1 is 1.39 bits per heavy atom. The van der Waals surface area contributed by atoms with Crippen molar-refractivity contribution in [1.29, 1.82) is 0 Å². The average Bonchev–Trinajstić information content (AvgIpc) is 3.06. The van der Waals surface area contributed by atoms with Gasteiger partial charge in [0.25, 0.3) is 0 Å². The van der Waals surface area contributed by atoms with E-state index in [9.17, 15) is 4.79 Å². The summed E-state index contributed by atoms with van der Waals surface area (Å²) in [7, 11) is 0. The van der Waals surface area contributed by atoms with Gasteiger partial charge in [-0.25, -0.2) is 9.98 Å². The van der Waals surface area contributed by atoms with Crippen molar-refractivity contribution in [2.24, 2.45) is 16.6 Å². The molecular weight excluding hydrogens is 370 g/mol. The Labute approximate surface area is 170 Å². The van der Waals surface area contributed by atoms with Crippen molar-refractivity contribution in [3.8, 4) is 10.6 Å². The van der Waals surface area contributed by atoms with Gasteiger partial charge in [0.1, 0.15) is 5.01 Å². The van der Waals surface area contributed by atoms with Crippen molar-refractivity contribution in [3.05, 3.63) is 40.9 Å². The zero-order valence-corrected chi connectivity index (χ0v) is 17.5. The summed E-state index contributed by atoms with van der Waals surface area (Å²) in [6, 6.07) is 10.3. The van der Waals surface area contributed by atoms with Gasteiger partial charge in [0.15, 0.2) is 5.96 Å². The molecule has 1 aromatic heterocycles. The van der Waals surface area contributed by atoms with E-state index in [1.807, 2.05) is 25.1 Å². The van der Waals surface area contributed by atoms with Gasteiger partial charge in [-0.1, -0.05) is 30.3 Å². The third kappa shape index (κ3) is 5.32. The molecule has 3 rings (SSSR count). The molecule has 0 aliphatic carbocycles. The number of carbonyl (C=O) groups is 1. The second-order valence-electron chi connectivity index (χ2n) is 7.19. The summed E-state index contributed by atoms with van der Waals surface area (Å²) in [5, 5.41) is 4.43. The molecule has 1 fully saturated rings. The molecule has 2 heterocycles. The number of amides is 1. The van der Waals surface area contributed by atoms with Gasteiger partial charge in [-0.3, -0.25) is 4.79 Å². The van der Waals surface area contributed by atoms with Crippen molar-refractivity contribution >= 4 is 23.2 Å². The van der Waals surface area contributed by atoms with Crippen molar-refractivity contribution in [2.75, 3.05) is 19.6 Å². The van der Waals surface area contributed by atoms with E-state index < -0.39 is 0 Å². The van der Waals surface area contributed by atoms with Crippen molar-refractivity contribution < 1.29 is 4.79 Å². The molecule has 1 saturated heterocycles. The predicted octanol–water partition coefficient (Wildman–Crippen LogP) is 3.17. The quantitative estimate of drug-likeness (QED) is 0.577. The first-order chi connectivity index (χ1) is 13.6. The molecule has 1 aromatic carbocycles. The summed E-state index contributed by atoms with van der Waals surface area (Å²) in [6.45, 7) is 7.32. The Morgan fingerprint density at radius 3 is 2.89 bits per heavy atom. The Kier molecular flexibility index (Phi) is 7.03. The van der Waals surface area contributed by atoms with Gasteiger partial charge in [-0.2, -0.15) is 0 Å². The molecule has 0 bridgehead atoms. The molecule has 0 spiro atoms. The number of hydrogen-bond donors (Lipinski definition) is 2. The predicted molar refractivity (Wildman–Crippen MR) is 115 cm³/mol. The first kappa shape index (κ1) is 20.3. The summed E-state index contributed by atoms with van der Waals surface area (Å²) in [5.74, 6) is 0.998. The third-order valence-corrected chi connectivity index (χ3v) is 6.12. The molecule has 6 nitrogen and oxygen atoms in total. The second-order valence-corrected chi connectivity index (χ2v) is 8.27. The van der Waals surface area contributed by atoms with E-state index >= 15 is 0 Å². The number of aryl methyl sites for hydroxylation is 1. The maximum absolute atomic E-state index is 11.3. The summed E-state index contributed by atoms with van der Waals surface area (Å²) in [5.41, 5.74) is 7.57. The number of aliphatic imine (C=N–C) groups is 1. The average molecular weight is 400 g/mol. The number of primary amides is 1. The van der Waals surface area contributed by atoms with E-state index in [0.29, 0.717) is 18.9 Å². The minimum Gasteiger partial charge on any atom is -0.370 e. The van der Waals surface area contributed by atoms with Crippen LogP contribution in [0.5, 0.6) is 0 Å². The lowest BCUT2D eigenvalue weighted by molar-refractivity contribution is -0.119. The number of guanidine groups is 1. The van der Waals surface area contributed by atoms with E-state index in [1.54, 1.807) is 11.3 Å². The lowest BCUT2D eigenvalue weighted by Crippen LogP contribution is -2.47. The fourth-order valence-corrected chi connectivity index (χ4v) is 4.55. The monoisotopic (exact) mass is 399 g/mol. The third-order valence-electron chi connectivity index (χ3n) is 4.93. The minimum absolute atomic E-state index is 0.220. The van der Waals surface area contributed by atoms with Gasteiger partial charge in [0.05, 0.1) is 12.2 Å². The van der Waals surface area contributed by atoms with Crippen LogP contribution in [-0.4, -0.2) is 41.4 Å². The van der Waals surface area contributed by atoms with Crippen LogP contribution in [0.4, 0.5) is 0 Å². The molecule has 7 heteroatoms. The maximum Gasteiger partial charge on any atom is 0.217 e. The molecule has 28 heavy (non-hydrogen) atoms. The van der Waals surface area contributed by atoms with Crippen LogP contribution in [0.1, 0.15) is 36.8 Å². The highest BCUT2D eigenvalue weighted by Gasteiger charge is 2.23. The number of nitrogens with zero attached hydrogens (tertiary/aromatic N) is 3. The molecule has 2 aromatic rings. The zero-order valence-electron chi connectivity index (χ0n) is 16.6. The number of likely N-dealkylation sites (tertiary alicyclic amines) is 1. The zero-order chi connectivity index (χ0) is 19.9. The molecule has 1 atom stereocenters. The number of aromatic nitrogens is 1. The lowest BCUT2D eigenvalue weighted by atomic mass is 9.95. The van der Waals surface area contributed by atoms with Gasteiger partial charge in [-0.05, 0) is 32.6 Å². The Hall–Kier alpha value is -2.41. The van der Waals surface area contributed by atoms with Crippen molar-refractivity contribution in [2.45, 2.75) is 39.7 Å². The fourth-order valence-electron chi connectivity index (χ4n) is 3.56. The van der Waals surface area contributed by atoms with Crippen LogP contribution in [0.3, 0.4) is 0 Å². The lowest BCUT2D eigenvalue weighted by Gasteiger charge is -2.34. The van der Waals surface area contributed by atoms with Gasteiger partial charge in [0, 0.05) is 36.5 Å². The molecule has 0 saturated carbocycles. The fraction of sp³-hybridized carbons (Fsp3) is 0.476. The van der Waals surface area contributed by atoms with Crippen molar-refractivity contribution in [3.63, 3.8) is 0 Å². The molecule has 1 aliphatic heterocycles.